The number of aliphatic hydroxyl groups is 2. The average molecular weight is 644 g/mol. The van der Waals surface area contributed by atoms with Gasteiger partial charge in [0, 0.05) is 23.8 Å². The molecule has 0 aromatic heterocycles. The van der Waals surface area contributed by atoms with Crippen molar-refractivity contribution in [3.8, 4) is 0 Å². The molecule has 14 heteroatoms. The van der Waals surface area contributed by atoms with Crippen LogP contribution in [0.5, 0.6) is 0 Å². The first-order valence-electron chi connectivity index (χ1n) is 15.8. The van der Waals surface area contributed by atoms with Gasteiger partial charge < -0.3 is 49.8 Å². The molecule has 3 saturated heterocycles. The number of carbonyl (C=O) groups excluding carboxylic acids is 4. The largest absolute Gasteiger partial charge is 0.458 e. The fraction of sp³-hybridized carbons (Fsp3) is 0.871. The second-order valence-electron chi connectivity index (χ2n) is 13.8. The lowest BCUT2D eigenvalue weighted by Crippen LogP contribution is -2.61. The lowest BCUT2D eigenvalue weighted by molar-refractivity contribution is -0.298. The second kappa shape index (κ2) is 14.1. The predicted octanol–water partition coefficient (Wildman–Crippen LogP) is 1.72. The molecule has 5 N–H and O–H groups in total. The Kier molecular flexibility index (Phi) is 11.6. The number of hydrogen-bond donors (Lipinski definition) is 4. The van der Waals surface area contributed by atoms with Crippen LogP contribution in [0.15, 0.2) is 0 Å². The summed E-state index contributed by atoms with van der Waals surface area (Å²) in [6.07, 6.45) is -7.43. The van der Waals surface area contributed by atoms with Crippen LogP contribution in [0.1, 0.15) is 74.7 Å². The summed E-state index contributed by atoms with van der Waals surface area (Å²) in [6.45, 7) is 13.2. The number of Topliss-reactive ketones (excluding diaryl/α,β-unsaturated/α-hetero) is 1. The molecule has 0 unspecified atom stereocenters. The molecule has 3 heterocycles. The van der Waals surface area contributed by atoms with Crippen LogP contribution in [0, 0.1) is 23.7 Å². The molecule has 0 spiro atoms. The van der Waals surface area contributed by atoms with Crippen molar-refractivity contribution in [2.24, 2.45) is 29.4 Å². The highest BCUT2D eigenvalue weighted by Crippen LogP contribution is 2.41. The van der Waals surface area contributed by atoms with Gasteiger partial charge in [-0.2, -0.15) is 0 Å². The van der Waals surface area contributed by atoms with E-state index < -0.39 is 89.8 Å². The molecule has 0 saturated carbocycles. The van der Waals surface area contributed by atoms with Crippen molar-refractivity contribution < 1.29 is 53.1 Å². The molecule has 258 valence electrons. The van der Waals surface area contributed by atoms with Crippen molar-refractivity contribution in [1.29, 1.82) is 0 Å². The molecule has 3 aliphatic rings. The molecule has 3 aliphatic heterocycles. The third-order valence-electron chi connectivity index (χ3n) is 10.0. The van der Waals surface area contributed by atoms with Crippen LogP contribution in [-0.4, -0.2) is 113 Å². The molecule has 0 bridgehead atoms. The van der Waals surface area contributed by atoms with Gasteiger partial charge in [0.15, 0.2) is 11.9 Å². The Bertz CT molecular complexity index is 1110. The van der Waals surface area contributed by atoms with Crippen molar-refractivity contribution in [3.63, 3.8) is 0 Å². The average Bonchev–Trinajstić information content (AvgIpc) is 3.26. The maximum Gasteiger partial charge on any atom is 0.408 e. The molecule has 14 nitrogen and oxygen atoms in total. The van der Waals surface area contributed by atoms with Crippen molar-refractivity contribution in [3.05, 3.63) is 0 Å². The number of carbonyl (C=O) groups is 4. The maximum absolute atomic E-state index is 14.0. The van der Waals surface area contributed by atoms with Gasteiger partial charge in [0.25, 0.3) is 0 Å². The highest BCUT2D eigenvalue weighted by atomic mass is 16.7. The van der Waals surface area contributed by atoms with Gasteiger partial charge in [0.1, 0.15) is 29.7 Å². The first-order valence-corrected chi connectivity index (χ1v) is 15.8. The summed E-state index contributed by atoms with van der Waals surface area (Å²) in [6, 6.07) is -1.19. The third kappa shape index (κ3) is 7.56. The van der Waals surface area contributed by atoms with E-state index in [9.17, 15) is 29.4 Å². The van der Waals surface area contributed by atoms with E-state index in [1.54, 1.807) is 34.6 Å². The molecular formula is C31H53N3O11. The molecule has 45 heavy (non-hydrogen) atoms. The number of nitrogens with zero attached hydrogens (tertiary/aromatic N) is 1. The zero-order valence-electron chi connectivity index (χ0n) is 28.1. The van der Waals surface area contributed by atoms with Crippen LogP contribution in [0.4, 0.5) is 9.59 Å². The molecule has 3 fully saturated rings. The summed E-state index contributed by atoms with van der Waals surface area (Å²) in [5.74, 6) is -4.70. The van der Waals surface area contributed by atoms with E-state index in [1.807, 2.05) is 25.9 Å². The standard InChI is InChI=1S/C31H53N3O11/c1-11-20-31(8)24(33-29(40)45-31)16(4)21(35)14(2)13-30(7,44-28(32)39)25(17(5)22(36)18(6)26(38)42-20)43-27-23(37)19(34(9)10)12-15(3)41-27/h14-20,22-25,27,36-37H,11-13H2,1-10H3,(H2,32,39)(H,33,40)/t14-,15-,16+,17+,18-,19+,20-,22+,23-,24-,25-,27+,30-,31-/m1/s1. The number of ether oxygens (including phenoxy) is 5. The summed E-state index contributed by atoms with van der Waals surface area (Å²) in [4.78, 5) is 54.3. The molecule has 2 amide bonds. The van der Waals surface area contributed by atoms with Crippen LogP contribution in [0.3, 0.4) is 0 Å². The number of ketones is 1. The van der Waals surface area contributed by atoms with Gasteiger partial charge in [0.05, 0.1) is 24.2 Å². The minimum atomic E-state index is -1.66. The molecular weight excluding hydrogens is 590 g/mol. The number of aliphatic hydroxyl groups excluding tert-OH is 2. The normalized spacial score (nSPS) is 45.1. The van der Waals surface area contributed by atoms with Crippen LogP contribution in [-0.2, 0) is 33.3 Å². The summed E-state index contributed by atoms with van der Waals surface area (Å²) in [5, 5.41) is 25.6. The van der Waals surface area contributed by atoms with Crippen molar-refractivity contribution >= 4 is 23.9 Å². The monoisotopic (exact) mass is 643 g/mol. The number of primary amides is 1. The topological polar surface area (TPSA) is 196 Å². The second-order valence-corrected chi connectivity index (χ2v) is 13.8. The predicted molar refractivity (Wildman–Crippen MR) is 161 cm³/mol. The fourth-order valence-electron chi connectivity index (χ4n) is 7.47. The number of amides is 2. The number of esters is 1. The lowest BCUT2D eigenvalue weighted by Gasteiger charge is -2.47. The van der Waals surface area contributed by atoms with Gasteiger partial charge in [-0.25, -0.2) is 9.59 Å². The number of nitrogens with one attached hydrogen (secondary N) is 1. The molecule has 0 aromatic carbocycles. The summed E-state index contributed by atoms with van der Waals surface area (Å²) in [7, 11) is 3.65. The highest BCUT2D eigenvalue weighted by molar-refractivity contribution is 5.85. The number of cyclic esters (lactones) is 1. The van der Waals surface area contributed by atoms with Crippen LogP contribution in [0.2, 0.25) is 0 Å². The summed E-state index contributed by atoms with van der Waals surface area (Å²) >= 11 is 0. The molecule has 0 aromatic rings. The van der Waals surface area contributed by atoms with Crippen LogP contribution < -0.4 is 11.1 Å². The Morgan fingerprint density at radius 2 is 1.69 bits per heavy atom. The summed E-state index contributed by atoms with van der Waals surface area (Å²) in [5.41, 5.74) is 2.52. The molecule has 3 rings (SSSR count). The summed E-state index contributed by atoms with van der Waals surface area (Å²) < 4.78 is 29.7. The quantitative estimate of drug-likeness (QED) is 0.251. The van der Waals surface area contributed by atoms with Crippen molar-refractivity contribution in [2.75, 3.05) is 14.1 Å². The van der Waals surface area contributed by atoms with Gasteiger partial charge in [-0.15, -0.1) is 0 Å². The molecule has 0 radical (unpaired) electrons. The van der Waals surface area contributed by atoms with Crippen molar-refractivity contribution in [1.82, 2.24) is 10.2 Å². The Morgan fingerprint density at radius 1 is 1.07 bits per heavy atom. The smallest absolute Gasteiger partial charge is 0.408 e. The van der Waals surface area contributed by atoms with E-state index in [1.165, 1.54) is 13.8 Å². The van der Waals surface area contributed by atoms with Gasteiger partial charge in [-0.1, -0.05) is 27.7 Å². The van der Waals surface area contributed by atoms with Crippen LogP contribution in [0.25, 0.3) is 0 Å². The maximum atomic E-state index is 14.0. The Balaban J connectivity index is 2.14. The van der Waals surface area contributed by atoms with E-state index in [-0.39, 0.29) is 30.8 Å². The van der Waals surface area contributed by atoms with Crippen LogP contribution >= 0.6 is 0 Å². The van der Waals surface area contributed by atoms with Gasteiger partial charge >= 0.3 is 18.2 Å². The van der Waals surface area contributed by atoms with Gasteiger partial charge in [-0.05, 0) is 61.1 Å². The number of likely N-dealkylation sites (N-methyl/N-ethyl adjacent to an activating group) is 1. The minimum Gasteiger partial charge on any atom is -0.458 e. The SMILES string of the molecule is CC[C@H]1OC(=O)[C@H](C)[C@@H](O)[C@H](C)[C@@H](O[C@@H]2O[C@H](C)C[C@H](N(C)C)[C@H]2O)[C@](C)(OC(N)=O)C[C@@H](C)C(=O)[C@H](C)[C@H]2NC(=O)O[C@@]21C. The zero-order chi connectivity index (χ0) is 34.2. The third-order valence-corrected chi connectivity index (χ3v) is 10.0. The molecule has 0 aliphatic carbocycles. The van der Waals surface area contributed by atoms with E-state index in [0.717, 1.165) is 0 Å². The zero-order valence-corrected chi connectivity index (χ0v) is 28.1. The van der Waals surface area contributed by atoms with Gasteiger partial charge in [0.2, 0.25) is 0 Å². The Hall–Kier alpha value is -2.52. The minimum absolute atomic E-state index is 0.107. The number of hydrogen-bond acceptors (Lipinski definition) is 12. The lowest BCUT2D eigenvalue weighted by atomic mass is 9.73. The first-order chi connectivity index (χ1) is 20.8. The molecule has 14 atom stereocenters. The van der Waals surface area contributed by atoms with Gasteiger partial charge in [-0.3, -0.25) is 9.59 Å². The van der Waals surface area contributed by atoms with Crippen molar-refractivity contribution in [2.45, 2.75) is 135 Å². The number of nitrogens with two attached hydrogens (primary N) is 1. The van der Waals surface area contributed by atoms with E-state index in [0.29, 0.717) is 6.42 Å². The Labute approximate surface area is 265 Å². The number of fused-ring (bicyclic) bond motifs is 1. The highest BCUT2D eigenvalue weighted by Gasteiger charge is 2.57. The van der Waals surface area contributed by atoms with E-state index in [4.69, 9.17) is 29.4 Å². The fourth-order valence-corrected chi connectivity index (χ4v) is 7.47. The van der Waals surface area contributed by atoms with E-state index in [2.05, 4.69) is 5.32 Å². The number of alkyl carbamates (subject to hydrolysis) is 1. The Morgan fingerprint density at radius 3 is 2.24 bits per heavy atom. The number of rotatable bonds is 5. The van der Waals surface area contributed by atoms with E-state index >= 15 is 0 Å². The first kappa shape index (κ1) is 36.9.